The number of benzene rings is 1. The molecule has 0 N–H and O–H groups in total. The van der Waals surface area contributed by atoms with Gasteiger partial charge < -0.3 is 29.2 Å². The number of fused-ring (bicyclic) bond motifs is 2. The maximum atomic E-state index is 6.37. The molecule has 3 atom stereocenters. The second-order valence-corrected chi connectivity index (χ2v) is 13.7. The molecule has 1 nitrogen and oxygen atoms in total. The van der Waals surface area contributed by atoms with Gasteiger partial charge in [0.15, 0.2) is 8.32 Å². The van der Waals surface area contributed by atoms with Gasteiger partial charge in [0, 0.05) is 23.9 Å². The van der Waals surface area contributed by atoms with Gasteiger partial charge in [0.05, 0.1) is 0 Å². The monoisotopic (exact) mass is 548 g/mol. The van der Waals surface area contributed by atoms with Gasteiger partial charge in [0.2, 0.25) is 0 Å². The van der Waals surface area contributed by atoms with Crippen molar-refractivity contribution in [3.8, 4) is 0 Å². The van der Waals surface area contributed by atoms with Gasteiger partial charge >= 0.3 is 26.2 Å². The van der Waals surface area contributed by atoms with E-state index in [-0.39, 0.29) is 56.4 Å². The molecular formula is C26H32Cl2OSiZr. The van der Waals surface area contributed by atoms with Crippen LogP contribution >= 0.6 is 0 Å². The van der Waals surface area contributed by atoms with Crippen LogP contribution in [0.2, 0.25) is 19.6 Å². The topological polar surface area (TPSA) is 9.23 Å². The number of rotatable bonds is 7. The van der Waals surface area contributed by atoms with Crippen LogP contribution < -0.4 is 24.8 Å². The molecule has 1 aromatic rings. The van der Waals surface area contributed by atoms with Crippen LogP contribution in [0.25, 0.3) is 6.08 Å². The van der Waals surface area contributed by atoms with Crippen LogP contribution in [0.15, 0.2) is 77.9 Å². The van der Waals surface area contributed by atoms with Gasteiger partial charge in [-0.05, 0) is 49.2 Å². The van der Waals surface area contributed by atoms with Gasteiger partial charge in [-0.25, -0.2) is 0 Å². The van der Waals surface area contributed by atoms with E-state index in [0.717, 1.165) is 19.4 Å². The van der Waals surface area contributed by atoms with Crippen molar-refractivity contribution in [2.45, 2.75) is 45.3 Å². The Kier molecular flexibility index (Phi) is 10.7. The molecule has 0 aliphatic heterocycles. The molecule has 0 radical (unpaired) electrons. The average Bonchev–Trinajstić information content (AvgIpc) is 3.30. The zero-order chi connectivity index (χ0) is 19.8. The molecule has 0 saturated carbocycles. The molecular weight excluding hydrogens is 519 g/mol. The van der Waals surface area contributed by atoms with Gasteiger partial charge in [-0.3, -0.25) is 0 Å². The molecule has 0 bridgehead atoms. The van der Waals surface area contributed by atoms with E-state index in [1.165, 1.54) is 16.7 Å². The third-order valence-electron chi connectivity index (χ3n) is 6.54. The molecule has 164 valence electrons. The second kappa shape index (κ2) is 11.6. The van der Waals surface area contributed by atoms with Crippen molar-refractivity contribution in [1.29, 1.82) is 0 Å². The first-order chi connectivity index (χ1) is 13.4. The fourth-order valence-electron chi connectivity index (χ4n) is 5.12. The Balaban J connectivity index is 0.00000160. The first kappa shape index (κ1) is 28.6. The van der Waals surface area contributed by atoms with Crippen LogP contribution in [0.4, 0.5) is 0 Å². The minimum absolute atomic E-state index is 0. The third kappa shape index (κ3) is 5.74. The van der Waals surface area contributed by atoms with Crippen molar-refractivity contribution in [3.63, 3.8) is 0 Å². The molecule has 0 heterocycles. The summed E-state index contributed by atoms with van der Waals surface area (Å²) < 4.78 is 6.37. The largest absolute Gasteiger partial charge is 2.00 e. The Morgan fingerprint density at radius 3 is 2.42 bits per heavy atom. The molecule has 3 aliphatic carbocycles. The van der Waals surface area contributed by atoms with Crippen LogP contribution in [-0.4, -0.2) is 14.9 Å². The van der Waals surface area contributed by atoms with E-state index in [2.05, 4.69) is 99.4 Å². The molecule has 0 aromatic heterocycles. The van der Waals surface area contributed by atoms with Crippen molar-refractivity contribution in [3.05, 3.63) is 89.1 Å². The minimum Gasteiger partial charge on any atom is -1.00 e. The van der Waals surface area contributed by atoms with Gasteiger partial charge in [-0.2, -0.15) is 0 Å². The number of hydrogen-bond acceptors (Lipinski definition) is 1. The summed E-state index contributed by atoms with van der Waals surface area (Å²) in [7, 11) is -1.53. The molecule has 31 heavy (non-hydrogen) atoms. The molecule has 1 aromatic carbocycles. The molecule has 3 aliphatic rings. The van der Waals surface area contributed by atoms with Crippen molar-refractivity contribution < 1.29 is 55.4 Å². The van der Waals surface area contributed by atoms with Gasteiger partial charge in [-0.1, -0.05) is 85.4 Å². The molecule has 0 fully saturated rings. The molecule has 0 saturated heterocycles. The average molecular weight is 551 g/mol. The summed E-state index contributed by atoms with van der Waals surface area (Å²) in [5.74, 6) is 0.829. The standard InChI is InChI=1S/C26H32OSi.2ClH.Zr/c1-5-26(18-19-27-28(2,3)4,24-16-14-20-10-6-8-12-22(20)24)25-17-15-21-11-7-9-13-23(21)25;;;/h6-17,22,25H,5,18-19H2,1-4H3;2*1H;/q;;;+2/p-2. The summed E-state index contributed by atoms with van der Waals surface area (Å²) in [4.78, 5) is 0. The summed E-state index contributed by atoms with van der Waals surface area (Å²) in [5, 5.41) is 0. The van der Waals surface area contributed by atoms with Gasteiger partial charge in [0.1, 0.15) is 0 Å². The first-order valence-electron chi connectivity index (χ1n) is 10.6. The zero-order valence-corrected chi connectivity index (χ0v) is 23.8. The van der Waals surface area contributed by atoms with Crippen molar-refractivity contribution in [2.24, 2.45) is 11.3 Å². The third-order valence-corrected chi connectivity index (χ3v) is 7.61. The van der Waals surface area contributed by atoms with Crippen molar-refractivity contribution in [1.82, 2.24) is 0 Å². The fraction of sp³-hybridized carbons (Fsp3) is 0.385. The normalized spacial score (nSPS) is 22.2. The molecule has 0 spiro atoms. The molecule has 3 unspecified atom stereocenters. The summed E-state index contributed by atoms with van der Waals surface area (Å²) in [6.45, 7) is 10.1. The van der Waals surface area contributed by atoms with E-state index in [0.29, 0.717) is 11.8 Å². The van der Waals surface area contributed by atoms with Crippen LogP contribution in [0, 0.1) is 11.3 Å². The fourth-order valence-corrected chi connectivity index (χ4v) is 5.83. The van der Waals surface area contributed by atoms with E-state index >= 15 is 0 Å². The predicted molar refractivity (Wildman–Crippen MR) is 123 cm³/mol. The maximum Gasteiger partial charge on any atom is 2.00 e. The smallest absolute Gasteiger partial charge is 1.00 e. The van der Waals surface area contributed by atoms with E-state index in [4.69, 9.17) is 4.43 Å². The Morgan fingerprint density at radius 2 is 1.71 bits per heavy atom. The SMILES string of the molecule is CCC(CCO[Si](C)(C)C)(C1=CC=C2C=CC=CC21)C1C=Cc2ccccc21.[Cl-].[Cl-].[Zr+2]. The Labute approximate surface area is 220 Å². The number of halogens is 2. The van der Waals surface area contributed by atoms with Crippen molar-refractivity contribution >= 4 is 14.4 Å². The Bertz CT molecular complexity index is 910. The Hall–Kier alpha value is -0.440. The first-order valence-corrected chi connectivity index (χ1v) is 14.0. The zero-order valence-electron chi connectivity index (χ0n) is 18.9. The van der Waals surface area contributed by atoms with Crippen LogP contribution in [0.3, 0.4) is 0 Å². The molecule has 0 amide bonds. The van der Waals surface area contributed by atoms with E-state index in [1.807, 2.05) is 0 Å². The number of allylic oxidation sites excluding steroid dienone is 9. The molecule has 4 rings (SSSR count). The maximum absolute atomic E-state index is 6.37. The van der Waals surface area contributed by atoms with Gasteiger partial charge in [-0.15, -0.1) is 0 Å². The quantitative estimate of drug-likeness (QED) is 0.462. The summed E-state index contributed by atoms with van der Waals surface area (Å²) in [5.41, 5.74) is 5.93. The van der Waals surface area contributed by atoms with Crippen LogP contribution in [0.1, 0.15) is 36.8 Å². The van der Waals surface area contributed by atoms with E-state index in [9.17, 15) is 0 Å². The van der Waals surface area contributed by atoms with Crippen molar-refractivity contribution in [2.75, 3.05) is 6.61 Å². The van der Waals surface area contributed by atoms with Crippen LogP contribution in [0.5, 0.6) is 0 Å². The van der Waals surface area contributed by atoms with E-state index < -0.39 is 8.32 Å². The minimum atomic E-state index is -1.53. The second-order valence-electron chi connectivity index (χ2n) is 9.20. The van der Waals surface area contributed by atoms with Gasteiger partial charge in [0.25, 0.3) is 0 Å². The number of hydrogen-bond donors (Lipinski definition) is 0. The Morgan fingerprint density at radius 1 is 0.968 bits per heavy atom. The summed E-state index contributed by atoms with van der Waals surface area (Å²) >= 11 is 0. The van der Waals surface area contributed by atoms with E-state index in [1.54, 1.807) is 5.57 Å². The predicted octanol–water partition coefficient (Wildman–Crippen LogP) is 1.05. The van der Waals surface area contributed by atoms with Crippen LogP contribution in [-0.2, 0) is 30.6 Å². The summed E-state index contributed by atoms with van der Waals surface area (Å²) in [6.07, 6.45) is 20.7. The summed E-state index contributed by atoms with van der Waals surface area (Å²) in [6, 6.07) is 8.91. The molecule has 5 heteroatoms.